The zero-order chi connectivity index (χ0) is 22.5. The minimum atomic E-state index is -0.832. The maximum atomic E-state index is 13.0. The first-order valence-electron chi connectivity index (χ1n) is 9.53. The molecule has 0 spiro atoms. The number of carbonyl (C=O) groups is 4. The Morgan fingerprint density at radius 2 is 1.74 bits per heavy atom. The average Bonchev–Trinajstić information content (AvgIpc) is 3.35. The minimum Gasteiger partial charge on any atom is -0.370 e. The summed E-state index contributed by atoms with van der Waals surface area (Å²) in [6.45, 7) is 3.70. The van der Waals surface area contributed by atoms with Gasteiger partial charge in [-0.05, 0) is 49.8 Å². The largest absolute Gasteiger partial charge is 0.370 e. The molecule has 12 nitrogen and oxygen atoms in total. The topological polar surface area (TPSA) is 173 Å². The van der Waals surface area contributed by atoms with E-state index < -0.39 is 17.9 Å². The molecule has 2 atom stereocenters. The Kier molecular flexibility index (Phi) is 7.22. The summed E-state index contributed by atoms with van der Waals surface area (Å²) in [5.41, 5.74) is 6.15. The van der Waals surface area contributed by atoms with Gasteiger partial charge in [-0.15, -0.1) is 10.2 Å². The number of carbonyl (C=O) groups excluding carboxylic acids is 4. The van der Waals surface area contributed by atoms with Crippen molar-refractivity contribution in [3.05, 3.63) is 21.1 Å². The number of aromatic nitrogens is 4. The van der Waals surface area contributed by atoms with Crippen molar-refractivity contribution in [3.63, 3.8) is 0 Å². The van der Waals surface area contributed by atoms with Gasteiger partial charge in [0.25, 0.3) is 11.8 Å². The van der Waals surface area contributed by atoms with Gasteiger partial charge in [-0.3, -0.25) is 19.2 Å². The molecule has 1 aliphatic heterocycles. The molecule has 14 heteroatoms. The molecule has 4 N–H and O–H groups in total. The molecule has 0 radical (unpaired) electrons. The van der Waals surface area contributed by atoms with Crippen molar-refractivity contribution in [2.45, 2.75) is 45.2 Å². The SMILES string of the molecule is Cc1nnsc1C(=O)N[C@H]1CCN(C(=O)c2snnc2C)[C@H](C(=O)NCCC(N)=O)C1. The monoisotopic (exact) mass is 466 g/mol. The lowest BCUT2D eigenvalue weighted by Gasteiger charge is -2.38. The summed E-state index contributed by atoms with van der Waals surface area (Å²) in [4.78, 5) is 51.6. The van der Waals surface area contributed by atoms with Crippen molar-refractivity contribution >= 4 is 46.7 Å². The van der Waals surface area contributed by atoms with E-state index in [0.29, 0.717) is 27.6 Å². The highest BCUT2D eigenvalue weighted by Gasteiger charge is 2.38. The van der Waals surface area contributed by atoms with E-state index in [1.807, 2.05) is 0 Å². The molecule has 2 aromatic heterocycles. The van der Waals surface area contributed by atoms with Crippen molar-refractivity contribution in [1.82, 2.24) is 34.7 Å². The summed E-state index contributed by atoms with van der Waals surface area (Å²) in [5.74, 6) is -1.61. The van der Waals surface area contributed by atoms with Crippen molar-refractivity contribution in [1.29, 1.82) is 0 Å². The van der Waals surface area contributed by atoms with E-state index in [1.165, 1.54) is 4.90 Å². The smallest absolute Gasteiger partial charge is 0.268 e. The van der Waals surface area contributed by atoms with E-state index in [4.69, 9.17) is 5.73 Å². The van der Waals surface area contributed by atoms with E-state index in [9.17, 15) is 19.2 Å². The van der Waals surface area contributed by atoms with Crippen LogP contribution < -0.4 is 16.4 Å². The molecule has 2 aromatic rings. The molecule has 166 valence electrons. The molecule has 0 aromatic carbocycles. The minimum absolute atomic E-state index is 0.0118. The van der Waals surface area contributed by atoms with Gasteiger partial charge in [-0.1, -0.05) is 8.98 Å². The van der Waals surface area contributed by atoms with Gasteiger partial charge in [0.2, 0.25) is 11.8 Å². The molecule has 1 fully saturated rings. The first-order valence-corrected chi connectivity index (χ1v) is 11.1. The van der Waals surface area contributed by atoms with Gasteiger partial charge in [0.05, 0.1) is 11.4 Å². The van der Waals surface area contributed by atoms with Crippen LogP contribution in [0.3, 0.4) is 0 Å². The number of aryl methyl sites for hydroxylation is 2. The number of hydrogen-bond acceptors (Lipinski definition) is 10. The van der Waals surface area contributed by atoms with E-state index >= 15 is 0 Å². The lowest BCUT2D eigenvalue weighted by Crippen LogP contribution is -2.57. The van der Waals surface area contributed by atoms with Crippen LogP contribution in [0.25, 0.3) is 0 Å². The van der Waals surface area contributed by atoms with Crippen LogP contribution in [-0.4, -0.2) is 72.9 Å². The average molecular weight is 467 g/mol. The quantitative estimate of drug-likeness (QED) is 0.485. The molecule has 0 bridgehead atoms. The zero-order valence-corrected chi connectivity index (χ0v) is 18.6. The van der Waals surface area contributed by atoms with Crippen molar-refractivity contribution < 1.29 is 19.2 Å². The predicted molar refractivity (Wildman–Crippen MR) is 111 cm³/mol. The maximum absolute atomic E-state index is 13.0. The fourth-order valence-corrected chi connectivity index (χ4v) is 4.44. The Morgan fingerprint density at radius 1 is 1.10 bits per heavy atom. The summed E-state index contributed by atoms with van der Waals surface area (Å²) in [7, 11) is 0. The summed E-state index contributed by atoms with van der Waals surface area (Å²) < 4.78 is 7.56. The fourth-order valence-electron chi connectivity index (χ4n) is 3.26. The number of rotatable bonds is 7. The van der Waals surface area contributed by atoms with Crippen LogP contribution in [0.2, 0.25) is 0 Å². The third kappa shape index (κ3) is 5.38. The van der Waals surface area contributed by atoms with Crippen molar-refractivity contribution in [2.75, 3.05) is 13.1 Å². The number of primary amides is 1. The lowest BCUT2D eigenvalue weighted by molar-refractivity contribution is -0.127. The third-order valence-corrected chi connectivity index (χ3v) is 6.52. The number of nitrogens with zero attached hydrogens (tertiary/aromatic N) is 5. The van der Waals surface area contributed by atoms with Gasteiger partial charge in [0.15, 0.2) is 0 Å². The summed E-state index contributed by atoms with van der Waals surface area (Å²) in [5, 5.41) is 13.3. The summed E-state index contributed by atoms with van der Waals surface area (Å²) >= 11 is 1.97. The zero-order valence-electron chi connectivity index (χ0n) is 17.0. The molecule has 0 saturated carbocycles. The molecular weight excluding hydrogens is 444 g/mol. The Morgan fingerprint density at radius 3 is 2.32 bits per heavy atom. The van der Waals surface area contributed by atoms with E-state index in [1.54, 1.807) is 13.8 Å². The van der Waals surface area contributed by atoms with Gasteiger partial charge in [0, 0.05) is 25.6 Å². The van der Waals surface area contributed by atoms with Gasteiger partial charge in [-0.25, -0.2) is 0 Å². The molecule has 0 aliphatic carbocycles. The second-order valence-electron chi connectivity index (χ2n) is 7.09. The van der Waals surface area contributed by atoms with Crippen LogP contribution in [-0.2, 0) is 9.59 Å². The van der Waals surface area contributed by atoms with E-state index in [-0.39, 0.29) is 43.8 Å². The molecule has 4 amide bonds. The van der Waals surface area contributed by atoms with E-state index in [0.717, 1.165) is 23.1 Å². The van der Waals surface area contributed by atoms with Crippen LogP contribution in [0.5, 0.6) is 0 Å². The standard InChI is InChI=1S/C17H22N8O4S2/c1-8-13(30-23-21-8)16(28)20-10-4-6-25(17(29)14-9(2)22-24-31-14)11(7-10)15(27)19-5-3-12(18)26/h10-11H,3-7H2,1-2H3,(H2,18,26)(H,19,27)(H,20,28)/t10-,11-/m0/s1. The predicted octanol–water partition coefficient (Wildman–Crippen LogP) is -0.599. The lowest BCUT2D eigenvalue weighted by atomic mass is 9.95. The maximum Gasteiger partial charge on any atom is 0.268 e. The highest BCUT2D eigenvalue weighted by atomic mass is 32.1. The number of piperidine rings is 1. The number of amides is 4. The fraction of sp³-hybridized carbons (Fsp3) is 0.529. The highest BCUT2D eigenvalue weighted by molar-refractivity contribution is 7.08. The van der Waals surface area contributed by atoms with Crippen LogP contribution in [0.1, 0.15) is 50.0 Å². The van der Waals surface area contributed by atoms with Crippen molar-refractivity contribution in [3.8, 4) is 0 Å². The second-order valence-corrected chi connectivity index (χ2v) is 8.60. The Labute approximate surface area is 185 Å². The third-order valence-electron chi connectivity index (χ3n) is 4.88. The van der Waals surface area contributed by atoms with Gasteiger partial charge < -0.3 is 21.3 Å². The Balaban J connectivity index is 1.74. The molecule has 31 heavy (non-hydrogen) atoms. The van der Waals surface area contributed by atoms with Gasteiger partial charge >= 0.3 is 0 Å². The number of nitrogens with one attached hydrogen (secondary N) is 2. The number of hydrogen-bond donors (Lipinski definition) is 3. The first kappa shape index (κ1) is 22.7. The Hall–Kier alpha value is -3.00. The molecule has 3 rings (SSSR count). The molecule has 1 aliphatic rings. The molecule has 1 saturated heterocycles. The summed E-state index contributed by atoms with van der Waals surface area (Å²) in [6.07, 6.45) is 0.678. The van der Waals surface area contributed by atoms with Crippen LogP contribution >= 0.6 is 23.1 Å². The molecular formula is C17H22N8O4S2. The number of nitrogens with two attached hydrogens (primary N) is 1. The van der Waals surface area contributed by atoms with Gasteiger partial charge in [0.1, 0.15) is 15.8 Å². The number of likely N-dealkylation sites (tertiary alicyclic amines) is 1. The first-order chi connectivity index (χ1) is 14.8. The summed E-state index contributed by atoms with van der Waals surface area (Å²) in [6, 6.07) is -1.16. The van der Waals surface area contributed by atoms with Crippen molar-refractivity contribution in [2.24, 2.45) is 5.73 Å². The van der Waals surface area contributed by atoms with E-state index in [2.05, 4.69) is 29.8 Å². The highest BCUT2D eigenvalue weighted by Crippen LogP contribution is 2.23. The van der Waals surface area contributed by atoms with Crippen LogP contribution in [0, 0.1) is 13.8 Å². The molecule has 3 heterocycles. The van der Waals surface area contributed by atoms with Crippen LogP contribution in [0.15, 0.2) is 0 Å². The normalized spacial score (nSPS) is 18.5. The second kappa shape index (κ2) is 9.87. The van der Waals surface area contributed by atoms with Crippen LogP contribution in [0.4, 0.5) is 0 Å². The Bertz CT molecular complexity index is 990. The molecule has 0 unspecified atom stereocenters. The van der Waals surface area contributed by atoms with Gasteiger partial charge in [-0.2, -0.15) is 0 Å².